The van der Waals surface area contributed by atoms with Gasteiger partial charge in [-0.25, -0.2) is 0 Å². The van der Waals surface area contributed by atoms with Crippen LogP contribution in [-0.4, -0.2) is 24.2 Å². The number of carbonyl (C=O) groups excluding carboxylic acids is 1. The summed E-state index contributed by atoms with van der Waals surface area (Å²) in [6.07, 6.45) is 0.225. The molecule has 0 heterocycles. The number of hydrogen-bond donors (Lipinski definition) is 2. The number of nitrogens with zero attached hydrogens (tertiary/aromatic N) is 1. The zero-order valence-electron chi connectivity index (χ0n) is 9.73. The van der Waals surface area contributed by atoms with Gasteiger partial charge < -0.3 is 15.2 Å². The van der Waals surface area contributed by atoms with Crippen LogP contribution in [0.25, 0.3) is 0 Å². The van der Waals surface area contributed by atoms with E-state index in [1.165, 1.54) is 19.2 Å². The van der Waals surface area contributed by atoms with E-state index in [2.05, 4.69) is 5.32 Å². The van der Waals surface area contributed by atoms with Gasteiger partial charge in [0.25, 0.3) is 5.91 Å². The quantitative estimate of drug-likeness (QED) is 0.825. The first kappa shape index (κ1) is 12.8. The fourth-order valence-corrected chi connectivity index (χ4v) is 1.32. The molecule has 5 nitrogen and oxygen atoms in total. The Hall–Kier alpha value is -2.22. The monoisotopic (exact) mass is 234 g/mol. The van der Waals surface area contributed by atoms with Gasteiger partial charge in [-0.3, -0.25) is 4.79 Å². The molecule has 1 rings (SSSR count). The van der Waals surface area contributed by atoms with Crippen LogP contribution in [0.2, 0.25) is 0 Å². The number of aromatic hydroxyl groups is 1. The van der Waals surface area contributed by atoms with Gasteiger partial charge in [0.2, 0.25) is 0 Å². The van der Waals surface area contributed by atoms with Crippen LogP contribution in [0.3, 0.4) is 0 Å². The van der Waals surface area contributed by atoms with Crippen LogP contribution < -0.4 is 10.1 Å². The number of rotatable bonds is 4. The number of hydrogen-bond acceptors (Lipinski definition) is 4. The highest BCUT2D eigenvalue weighted by molar-refractivity contribution is 5.97. The van der Waals surface area contributed by atoms with Crippen molar-refractivity contribution in [3.63, 3.8) is 0 Å². The van der Waals surface area contributed by atoms with Crippen molar-refractivity contribution < 1.29 is 14.6 Å². The summed E-state index contributed by atoms with van der Waals surface area (Å²) in [5.74, 6) is -0.0805. The lowest BCUT2D eigenvalue weighted by Crippen LogP contribution is -2.32. The first-order chi connectivity index (χ1) is 8.08. The summed E-state index contributed by atoms with van der Waals surface area (Å²) in [6, 6.07) is 6.13. The van der Waals surface area contributed by atoms with Gasteiger partial charge in [0.05, 0.1) is 25.2 Å². The van der Waals surface area contributed by atoms with Gasteiger partial charge in [-0.15, -0.1) is 0 Å². The number of phenols is 1. The van der Waals surface area contributed by atoms with Crippen LogP contribution in [0.5, 0.6) is 11.5 Å². The fourth-order valence-electron chi connectivity index (χ4n) is 1.32. The molecule has 0 radical (unpaired) electrons. The molecule has 90 valence electrons. The minimum absolute atomic E-state index is 0.147. The molecule has 0 saturated carbocycles. The van der Waals surface area contributed by atoms with E-state index >= 15 is 0 Å². The van der Waals surface area contributed by atoms with Crippen LogP contribution in [0.15, 0.2) is 18.2 Å². The summed E-state index contributed by atoms with van der Waals surface area (Å²) in [5.41, 5.74) is 0.163. The van der Waals surface area contributed by atoms with Crippen molar-refractivity contribution in [2.75, 3.05) is 7.11 Å². The lowest BCUT2D eigenvalue weighted by Gasteiger charge is -2.11. The maximum Gasteiger partial charge on any atom is 0.255 e. The van der Waals surface area contributed by atoms with Crippen LogP contribution in [0.1, 0.15) is 23.7 Å². The molecule has 1 aromatic rings. The Morgan fingerprint density at radius 1 is 1.65 bits per heavy atom. The zero-order chi connectivity index (χ0) is 12.8. The summed E-state index contributed by atoms with van der Waals surface area (Å²) in [6.45, 7) is 1.72. The van der Waals surface area contributed by atoms with Gasteiger partial charge >= 0.3 is 0 Å². The second-order valence-electron chi connectivity index (χ2n) is 3.62. The molecule has 1 amide bonds. The Morgan fingerprint density at radius 2 is 2.35 bits per heavy atom. The van der Waals surface area contributed by atoms with Gasteiger partial charge in [-0.05, 0) is 19.1 Å². The third kappa shape index (κ3) is 3.38. The average Bonchev–Trinajstić information content (AvgIpc) is 2.28. The number of phenolic OH excluding ortho intramolecular Hbond substituents is 1. The Morgan fingerprint density at radius 3 is 2.88 bits per heavy atom. The summed E-state index contributed by atoms with van der Waals surface area (Å²) < 4.78 is 4.91. The number of carbonyl (C=O) groups is 1. The van der Waals surface area contributed by atoms with Gasteiger partial charge in [0.15, 0.2) is 0 Å². The molecule has 2 N–H and O–H groups in total. The summed E-state index contributed by atoms with van der Waals surface area (Å²) in [7, 11) is 1.48. The average molecular weight is 234 g/mol. The Labute approximate surface area is 99.6 Å². The Balaban J connectivity index is 2.79. The van der Waals surface area contributed by atoms with Gasteiger partial charge in [-0.1, -0.05) is 0 Å². The molecule has 0 aromatic heterocycles. The SMILES string of the molecule is COc1ccc(C(=O)N[C@@H](C)CC#N)c(O)c1. The maximum absolute atomic E-state index is 11.7. The van der Waals surface area contributed by atoms with E-state index < -0.39 is 5.91 Å². The van der Waals surface area contributed by atoms with Gasteiger partial charge in [0, 0.05) is 12.1 Å². The van der Waals surface area contributed by atoms with Crippen molar-refractivity contribution in [2.45, 2.75) is 19.4 Å². The predicted molar refractivity (Wildman–Crippen MR) is 61.8 cm³/mol. The Kier molecular flexibility index (Phi) is 4.35. The van der Waals surface area contributed by atoms with Gasteiger partial charge in [-0.2, -0.15) is 5.26 Å². The second kappa shape index (κ2) is 5.75. The number of ether oxygens (including phenoxy) is 1. The van der Waals surface area contributed by atoms with Crippen molar-refractivity contribution in [1.82, 2.24) is 5.32 Å². The number of methoxy groups -OCH3 is 1. The largest absolute Gasteiger partial charge is 0.507 e. The van der Waals surface area contributed by atoms with E-state index in [1.54, 1.807) is 13.0 Å². The smallest absolute Gasteiger partial charge is 0.255 e. The molecular formula is C12H14N2O3. The minimum atomic E-state index is -0.409. The topological polar surface area (TPSA) is 82.3 Å². The minimum Gasteiger partial charge on any atom is -0.507 e. The van der Waals surface area contributed by atoms with E-state index in [4.69, 9.17) is 10.00 Å². The standard InChI is InChI=1S/C12H14N2O3/c1-8(5-6-13)14-12(16)10-4-3-9(17-2)7-11(10)15/h3-4,7-8,15H,5H2,1-2H3,(H,14,16)/t8-/m0/s1. The number of nitriles is 1. The first-order valence-electron chi connectivity index (χ1n) is 5.13. The molecule has 1 aromatic carbocycles. The van der Waals surface area contributed by atoms with Crippen molar-refractivity contribution in [3.05, 3.63) is 23.8 Å². The number of amides is 1. The highest BCUT2D eigenvalue weighted by Gasteiger charge is 2.14. The van der Waals surface area contributed by atoms with Crippen molar-refractivity contribution in [2.24, 2.45) is 0 Å². The molecule has 0 fully saturated rings. The highest BCUT2D eigenvalue weighted by atomic mass is 16.5. The first-order valence-corrected chi connectivity index (χ1v) is 5.13. The third-order valence-corrected chi connectivity index (χ3v) is 2.22. The second-order valence-corrected chi connectivity index (χ2v) is 3.62. The van der Waals surface area contributed by atoms with Crippen LogP contribution in [0.4, 0.5) is 0 Å². The molecule has 0 aliphatic carbocycles. The van der Waals surface area contributed by atoms with Gasteiger partial charge in [0.1, 0.15) is 11.5 Å². The Bertz CT molecular complexity index is 452. The predicted octanol–water partition coefficient (Wildman–Crippen LogP) is 1.43. The molecule has 0 spiro atoms. The van der Waals surface area contributed by atoms with Crippen LogP contribution in [0, 0.1) is 11.3 Å². The molecule has 17 heavy (non-hydrogen) atoms. The summed E-state index contributed by atoms with van der Waals surface area (Å²) in [5, 5.41) is 20.7. The number of nitrogens with one attached hydrogen (secondary N) is 1. The van der Waals surface area contributed by atoms with Crippen molar-refractivity contribution in [1.29, 1.82) is 5.26 Å². The molecule has 0 aliphatic heterocycles. The summed E-state index contributed by atoms with van der Waals surface area (Å²) in [4.78, 5) is 11.7. The van der Waals surface area contributed by atoms with Crippen LogP contribution in [-0.2, 0) is 0 Å². The van der Waals surface area contributed by atoms with E-state index in [0.29, 0.717) is 5.75 Å². The van der Waals surface area contributed by atoms with Crippen molar-refractivity contribution in [3.8, 4) is 17.6 Å². The van der Waals surface area contributed by atoms with E-state index in [-0.39, 0.29) is 23.8 Å². The maximum atomic E-state index is 11.7. The molecule has 0 bridgehead atoms. The zero-order valence-corrected chi connectivity index (χ0v) is 9.73. The lowest BCUT2D eigenvalue weighted by molar-refractivity contribution is 0.0938. The molecule has 0 aliphatic rings. The molecule has 5 heteroatoms. The van der Waals surface area contributed by atoms with E-state index in [9.17, 15) is 9.90 Å². The van der Waals surface area contributed by atoms with E-state index in [1.807, 2.05) is 6.07 Å². The third-order valence-electron chi connectivity index (χ3n) is 2.22. The normalized spacial score (nSPS) is 11.4. The van der Waals surface area contributed by atoms with Crippen LogP contribution >= 0.6 is 0 Å². The van der Waals surface area contributed by atoms with E-state index in [0.717, 1.165) is 0 Å². The number of benzene rings is 1. The molecule has 0 unspecified atom stereocenters. The summed E-state index contributed by atoms with van der Waals surface area (Å²) >= 11 is 0. The fraction of sp³-hybridized carbons (Fsp3) is 0.333. The molecule has 1 atom stereocenters. The lowest BCUT2D eigenvalue weighted by atomic mass is 10.1. The molecule has 0 saturated heterocycles. The van der Waals surface area contributed by atoms with Crippen molar-refractivity contribution >= 4 is 5.91 Å². The molecular weight excluding hydrogens is 220 g/mol. The highest BCUT2D eigenvalue weighted by Crippen LogP contribution is 2.23.